The largest absolute Gasteiger partial charge is 0.306 e. The first-order valence-corrected chi connectivity index (χ1v) is 12.3. The third-order valence-electron chi connectivity index (χ3n) is 6.15. The van der Waals surface area contributed by atoms with Gasteiger partial charge in [-0.05, 0) is 60.6 Å². The fourth-order valence-electron chi connectivity index (χ4n) is 4.47. The van der Waals surface area contributed by atoms with Crippen LogP contribution in [0.4, 0.5) is 4.39 Å². The monoisotopic (exact) mass is 536 g/mol. The van der Waals surface area contributed by atoms with Crippen molar-refractivity contribution in [1.82, 2.24) is 19.2 Å². The Morgan fingerprint density at radius 2 is 1.62 bits per heavy atom. The molecule has 37 heavy (non-hydrogen) atoms. The van der Waals surface area contributed by atoms with Crippen molar-refractivity contribution in [1.29, 1.82) is 0 Å². The second-order valence-electron chi connectivity index (χ2n) is 8.97. The molecule has 3 aromatic carbocycles. The van der Waals surface area contributed by atoms with E-state index in [1.165, 1.54) is 22.9 Å². The fourth-order valence-corrected chi connectivity index (χ4v) is 4.78. The van der Waals surface area contributed by atoms with Gasteiger partial charge in [0.2, 0.25) is 0 Å². The molecule has 0 amide bonds. The lowest BCUT2D eigenvalue weighted by Crippen LogP contribution is -2.29. The van der Waals surface area contributed by atoms with Crippen LogP contribution in [0.15, 0.2) is 88.5 Å². The lowest BCUT2D eigenvalue weighted by molar-refractivity contribution is 0.310. The smallest absolute Gasteiger partial charge is 0.280 e. The van der Waals surface area contributed by atoms with Crippen molar-refractivity contribution in [3.05, 3.63) is 132 Å². The van der Waals surface area contributed by atoms with Crippen molar-refractivity contribution in [3.63, 3.8) is 0 Å². The normalized spacial score (nSPS) is 11.5. The first-order chi connectivity index (χ1) is 17.8. The molecule has 0 radical (unpaired) electrons. The highest BCUT2D eigenvalue weighted by molar-refractivity contribution is 6.30. The molecule has 5 rings (SSSR count). The number of aromatic nitrogens is 3. The van der Waals surface area contributed by atoms with Gasteiger partial charge in [-0.3, -0.25) is 19.6 Å². The summed E-state index contributed by atoms with van der Waals surface area (Å²) < 4.78 is 16.7. The van der Waals surface area contributed by atoms with Gasteiger partial charge in [0.1, 0.15) is 5.82 Å². The van der Waals surface area contributed by atoms with Crippen LogP contribution in [0.1, 0.15) is 16.8 Å². The molecule has 0 fully saturated rings. The maximum absolute atomic E-state index is 13.8. The minimum Gasteiger partial charge on any atom is -0.306 e. The van der Waals surface area contributed by atoms with Crippen molar-refractivity contribution in [2.45, 2.75) is 19.6 Å². The van der Waals surface area contributed by atoms with E-state index in [0.717, 1.165) is 11.1 Å². The molecule has 0 unspecified atom stereocenters. The van der Waals surface area contributed by atoms with Crippen molar-refractivity contribution >= 4 is 34.1 Å². The summed E-state index contributed by atoms with van der Waals surface area (Å²) in [5.41, 5.74) is 2.64. The zero-order valence-corrected chi connectivity index (χ0v) is 21.4. The first-order valence-electron chi connectivity index (χ1n) is 11.6. The van der Waals surface area contributed by atoms with Crippen molar-refractivity contribution in [3.8, 4) is 5.69 Å². The first kappa shape index (κ1) is 25.0. The number of aromatic amines is 1. The Morgan fingerprint density at radius 3 is 2.35 bits per heavy atom. The number of H-pyrrole nitrogens is 1. The topological polar surface area (TPSA) is 63.0 Å². The maximum Gasteiger partial charge on any atom is 0.280 e. The van der Waals surface area contributed by atoms with E-state index >= 15 is 0 Å². The highest BCUT2D eigenvalue weighted by Crippen LogP contribution is 2.20. The summed E-state index contributed by atoms with van der Waals surface area (Å²) >= 11 is 12.2. The average molecular weight is 537 g/mol. The third kappa shape index (κ3) is 5.39. The molecule has 0 atom stereocenters. The standard InChI is InChI=1S/C28H23Cl2FN4O2/c1-33(15-19-4-2-6-22(31)12-19)17-25-27-24(32-35(28(27)37)23-7-3-5-21(30)13-23)14-26(36)34(25)16-18-8-10-20(29)11-9-18/h2-14,32H,15-17H2,1H3. The second kappa shape index (κ2) is 10.4. The van der Waals surface area contributed by atoms with E-state index in [4.69, 9.17) is 23.2 Å². The molecule has 9 heteroatoms. The molecule has 0 bridgehead atoms. The Morgan fingerprint density at radius 1 is 0.865 bits per heavy atom. The molecule has 0 aliphatic heterocycles. The number of fused-ring (bicyclic) bond motifs is 1. The molecule has 0 spiro atoms. The molecule has 0 saturated heterocycles. The molecule has 0 aliphatic carbocycles. The number of rotatable bonds is 7. The highest BCUT2D eigenvalue weighted by atomic mass is 35.5. The number of nitrogens with one attached hydrogen (secondary N) is 1. The molecule has 0 saturated carbocycles. The summed E-state index contributed by atoms with van der Waals surface area (Å²) in [6.07, 6.45) is 0. The molecule has 5 aromatic rings. The van der Waals surface area contributed by atoms with Crippen LogP contribution < -0.4 is 11.1 Å². The van der Waals surface area contributed by atoms with E-state index in [2.05, 4.69) is 5.10 Å². The fraction of sp³-hybridized carbons (Fsp3) is 0.143. The van der Waals surface area contributed by atoms with Crippen molar-refractivity contribution in [2.24, 2.45) is 0 Å². The number of benzene rings is 3. The van der Waals surface area contributed by atoms with Gasteiger partial charge in [0.15, 0.2) is 0 Å². The second-order valence-corrected chi connectivity index (χ2v) is 9.84. The summed E-state index contributed by atoms with van der Waals surface area (Å²) in [5, 5.41) is 4.55. The van der Waals surface area contributed by atoms with Gasteiger partial charge in [0, 0.05) is 29.2 Å². The van der Waals surface area contributed by atoms with E-state index in [1.54, 1.807) is 47.0 Å². The minimum absolute atomic E-state index is 0.254. The molecular formula is C28H23Cl2FN4O2. The number of pyridine rings is 1. The van der Waals surface area contributed by atoms with Crippen LogP contribution in [0.2, 0.25) is 10.0 Å². The summed E-state index contributed by atoms with van der Waals surface area (Å²) in [4.78, 5) is 29.0. The molecular weight excluding hydrogens is 514 g/mol. The van der Waals surface area contributed by atoms with Crippen LogP contribution in [0.5, 0.6) is 0 Å². The van der Waals surface area contributed by atoms with Crippen LogP contribution in [-0.4, -0.2) is 26.3 Å². The van der Waals surface area contributed by atoms with Crippen LogP contribution in [0.25, 0.3) is 16.6 Å². The Kier molecular flexibility index (Phi) is 7.02. The zero-order valence-electron chi connectivity index (χ0n) is 19.9. The Balaban J connectivity index is 1.64. The molecule has 6 nitrogen and oxygen atoms in total. The molecule has 0 aliphatic rings. The number of hydrogen-bond donors (Lipinski definition) is 1. The summed E-state index contributed by atoms with van der Waals surface area (Å²) in [5.74, 6) is -0.317. The van der Waals surface area contributed by atoms with Gasteiger partial charge < -0.3 is 4.57 Å². The zero-order chi connectivity index (χ0) is 26.1. The summed E-state index contributed by atoms with van der Waals surface area (Å²) in [6.45, 7) is 0.965. The van der Waals surface area contributed by atoms with E-state index in [-0.39, 0.29) is 30.0 Å². The number of hydrogen-bond acceptors (Lipinski definition) is 3. The predicted octanol–water partition coefficient (Wildman–Crippen LogP) is 5.61. The van der Waals surface area contributed by atoms with Crippen LogP contribution in [0.3, 0.4) is 0 Å². The molecule has 188 valence electrons. The van der Waals surface area contributed by atoms with E-state index < -0.39 is 0 Å². The Bertz CT molecular complexity index is 1710. The van der Waals surface area contributed by atoms with Gasteiger partial charge in [0.25, 0.3) is 11.1 Å². The number of nitrogens with zero attached hydrogens (tertiary/aromatic N) is 3. The Hall–Kier alpha value is -3.65. The summed E-state index contributed by atoms with van der Waals surface area (Å²) in [6, 6.07) is 21.9. The van der Waals surface area contributed by atoms with E-state index in [9.17, 15) is 14.0 Å². The molecule has 2 heterocycles. The van der Waals surface area contributed by atoms with Gasteiger partial charge in [0.05, 0.1) is 28.8 Å². The SMILES string of the molecule is CN(Cc1cccc(F)c1)Cc1c2c(=O)n(-c3cccc(Cl)c3)[nH]c2cc(=O)n1Cc1ccc(Cl)cc1. The average Bonchev–Trinajstić information content (AvgIpc) is 3.18. The van der Waals surface area contributed by atoms with Crippen LogP contribution >= 0.6 is 23.2 Å². The lowest BCUT2D eigenvalue weighted by atomic mass is 10.1. The van der Waals surface area contributed by atoms with Gasteiger partial charge >= 0.3 is 0 Å². The predicted molar refractivity (Wildman–Crippen MR) is 145 cm³/mol. The van der Waals surface area contributed by atoms with Gasteiger partial charge in [-0.2, -0.15) is 0 Å². The number of halogens is 3. The van der Waals surface area contributed by atoms with Gasteiger partial charge in [-0.25, -0.2) is 9.07 Å². The summed E-state index contributed by atoms with van der Waals surface area (Å²) in [7, 11) is 1.86. The molecule has 1 N–H and O–H groups in total. The van der Waals surface area contributed by atoms with Crippen molar-refractivity contribution < 1.29 is 4.39 Å². The van der Waals surface area contributed by atoms with Gasteiger partial charge in [-0.1, -0.05) is 53.5 Å². The highest BCUT2D eigenvalue weighted by Gasteiger charge is 2.20. The minimum atomic E-state index is -0.317. The molecule has 2 aromatic heterocycles. The van der Waals surface area contributed by atoms with Crippen molar-refractivity contribution in [2.75, 3.05) is 7.05 Å². The van der Waals surface area contributed by atoms with Gasteiger partial charge in [-0.15, -0.1) is 0 Å². The van der Waals surface area contributed by atoms with E-state index in [0.29, 0.717) is 38.9 Å². The Labute approximate surface area is 222 Å². The third-order valence-corrected chi connectivity index (χ3v) is 6.64. The quantitative estimate of drug-likeness (QED) is 0.294. The van der Waals surface area contributed by atoms with Crippen LogP contribution in [0, 0.1) is 5.82 Å². The maximum atomic E-state index is 13.8. The van der Waals surface area contributed by atoms with E-state index in [1.807, 2.05) is 30.1 Å². The van der Waals surface area contributed by atoms with Crippen LogP contribution in [-0.2, 0) is 19.6 Å². The lowest BCUT2D eigenvalue weighted by Gasteiger charge is -2.21.